The van der Waals surface area contributed by atoms with Crippen LogP contribution in [0.4, 0.5) is 9.18 Å². The molecule has 2 amide bonds. The van der Waals surface area contributed by atoms with E-state index in [1.54, 1.807) is 45.3 Å². The minimum atomic E-state index is -0.925. The van der Waals surface area contributed by atoms with Crippen LogP contribution in [0.2, 0.25) is 0 Å². The summed E-state index contributed by atoms with van der Waals surface area (Å²) in [5.41, 5.74) is 1.07. The molecule has 0 radical (unpaired) electrons. The molecule has 2 heterocycles. The maximum atomic E-state index is 14.7. The number of halogens is 1. The lowest BCUT2D eigenvalue weighted by Gasteiger charge is -2.35. The minimum absolute atomic E-state index is 0.0208. The van der Waals surface area contributed by atoms with E-state index in [4.69, 9.17) is 4.74 Å². The predicted octanol–water partition coefficient (Wildman–Crippen LogP) is 3.55. The normalized spacial score (nSPS) is 22.6. The first kappa shape index (κ1) is 22.8. The molecule has 3 unspecified atom stereocenters. The summed E-state index contributed by atoms with van der Waals surface area (Å²) in [4.78, 5) is 27.5. The third kappa shape index (κ3) is 4.85. The second-order valence-corrected chi connectivity index (χ2v) is 9.75. The van der Waals surface area contributed by atoms with Gasteiger partial charge in [0.25, 0.3) is 0 Å². The lowest BCUT2D eigenvalue weighted by molar-refractivity contribution is -0.128. The number of carbonyl (C=O) groups is 2. The first-order valence-corrected chi connectivity index (χ1v) is 11.1. The Labute approximate surface area is 192 Å². The summed E-state index contributed by atoms with van der Waals surface area (Å²) in [6.07, 6.45) is 5.21. The van der Waals surface area contributed by atoms with Gasteiger partial charge in [-0.2, -0.15) is 10.4 Å². The highest BCUT2D eigenvalue weighted by Gasteiger charge is 2.52. The SMILES string of the molecule is CC(C)(C)OC(=O)N1C2CCC(C2)C1C(=O)N[C@H](C#N)Cc1ccc(-c2cn[nH]c2)cc1F. The number of carbonyl (C=O) groups excluding carboxylic acids is 2. The topological polar surface area (TPSA) is 111 Å². The summed E-state index contributed by atoms with van der Waals surface area (Å²) in [7, 11) is 0. The summed E-state index contributed by atoms with van der Waals surface area (Å²) in [5.74, 6) is -0.818. The molecular weight excluding hydrogens is 425 g/mol. The van der Waals surface area contributed by atoms with E-state index >= 15 is 0 Å². The lowest BCUT2D eigenvalue weighted by Crippen LogP contribution is -2.55. The van der Waals surface area contributed by atoms with Gasteiger partial charge in [0.05, 0.1) is 12.3 Å². The zero-order valence-corrected chi connectivity index (χ0v) is 19.0. The summed E-state index contributed by atoms with van der Waals surface area (Å²) in [6, 6.07) is 5.16. The van der Waals surface area contributed by atoms with Crippen LogP contribution in [0.3, 0.4) is 0 Å². The van der Waals surface area contributed by atoms with Crippen LogP contribution in [0.5, 0.6) is 0 Å². The Hall–Kier alpha value is -3.41. The number of H-pyrrole nitrogens is 1. The Balaban J connectivity index is 1.45. The maximum Gasteiger partial charge on any atom is 0.411 e. The van der Waals surface area contributed by atoms with Crippen molar-refractivity contribution in [1.82, 2.24) is 20.4 Å². The van der Waals surface area contributed by atoms with Gasteiger partial charge in [-0.05, 0) is 63.1 Å². The number of hydrogen-bond acceptors (Lipinski definition) is 5. The average molecular weight is 454 g/mol. The molecule has 174 valence electrons. The van der Waals surface area contributed by atoms with Crippen LogP contribution < -0.4 is 5.32 Å². The molecule has 1 aromatic heterocycles. The highest BCUT2D eigenvalue weighted by Crippen LogP contribution is 2.43. The van der Waals surface area contributed by atoms with Crippen molar-refractivity contribution in [2.45, 2.75) is 70.2 Å². The van der Waals surface area contributed by atoms with Crippen LogP contribution in [0, 0.1) is 23.1 Å². The molecule has 9 heteroatoms. The molecule has 2 bridgehead atoms. The van der Waals surface area contributed by atoms with E-state index in [0.717, 1.165) is 24.8 Å². The van der Waals surface area contributed by atoms with E-state index in [1.807, 2.05) is 0 Å². The quantitative estimate of drug-likeness (QED) is 0.719. The van der Waals surface area contributed by atoms with Crippen LogP contribution in [0.15, 0.2) is 30.6 Å². The molecule has 4 atom stereocenters. The predicted molar refractivity (Wildman–Crippen MR) is 118 cm³/mol. The molecular formula is C24H28FN5O3. The van der Waals surface area contributed by atoms with Gasteiger partial charge < -0.3 is 10.1 Å². The van der Waals surface area contributed by atoms with Crippen molar-refractivity contribution in [2.75, 3.05) is 0 Å². The van der Waals surface area contributed by atoms with Crippen LogP contribution in [-0.4, -0.2) is 50.8 Å². The van der Waals surface area contributed by atoms with Crippen LogP contribution in [0.1, 0.15) is 45.6 Å². The van der Waals surface area contributed by atoms with Crippen molar-refractivity contribution in [3.63, 3.8) is 0 Å². The Kier molecular flexibility index (Phi) is 6.11. The zero-order chi connectivity index (χ0) is 23.8. The number of aromatic amines is 1. The van der Waals surface area contributed by atoms with Gasteiger partial charge in [0.2, 0.25) is 5.91 Å². The molecule has 1 aromatic carbocycles. The van der Waals surface area contributed by atoms with Crippen LogP contribution in [0.25, 0.3) is 11.1 Å². The Bertz CT molecular complexity index is 1070. The summed E-state index contributed by atoms with van der Waals surface area (Å²) < 4.78 is 20.2. The van der Waals surface area contributed by atoms with E-state index in [9.17, 15) is 19.2 Å². The summed E-state index contributed by atoms with van der Waals surface area (Å²) in [5, 5.41) is 18.9. The van der Waals surface area contributed by atoms with Gasteiger partial charge in [-0.15, -0.1) is 0 Å². The molecule has 2 aromatic rings. The monoisotopic (exact) mass is 453 g/mol. The number of nitrogens with zero attached hydrogens (tertiary/aromatic N) is 3. The van der Waals surface area contributed by atoms with Crippen molar-refractivity contribution < 1.29 is 18.7 Å². The van der Waals surface area contributed by atoms with E-state index in [2.05, 4.69) is 21.6 Å². The fourth-order valence-electron chi connectivity index (χ4n) is 4.81. The second-order valence-electron chi connectivity index (χ2n) is 9.75. The number of piperidine rings is 1. The maximum absolute atomic E-state index is 14.7. The van der Waals surface area contributed by atoms with Gasteiger partial charge in [0.1, 0.15) is 23.5 Å². The van der Waals surface area contributed by atoms with Gasteiger partial charge >= 0.3 is 6.09 Å². The van der Waals surface area contributed by atoms with Gasteiger partial charge in [0, 0.05) is 24.2 Å². The molecule has 1 aliphatic heterocycles. The number of fused-ring (bicyclic) bond motifs is 2. The zero-order valence-electron chi connectivity index (χ0n) is 19.0. The van der Waals surface area contributed by atoms with Crippen molar-refractivity contribution in [3.8, 4) is 17.2 Å². The molecule has 0 spiro atoms. The summed E-state index contributed by atoms with van der Waals surface area (Å²) >= 11 is 0. The van der Waals surface area contributed by atoms with E-state index in [-0.39, 0.29) is 18.4 Å². The Morgan fingerprint density at radius 2 is 2.15 bits per heavy atom. The second kappa shape index (κ2) is 8.85. The average Bonchev–Trinajstić information content (AvgIpc) is 3.50. The number of ether oxygens (including phenoxy) is 1. The molecule has 2 aliphatic rings. The number of hydrogen-bond donors (Lipinski definition) is 2. The smallest absolute Gasteiger partial charge is 0.411 e. The number of nitriles is 1. The minimum Gasteiger partial charge on any atom is -0.444 e. The first-order valence-electron chi connectivity index (χ1n) is 11.1. The number of likely N-dealkylation sites (tertiary alicyclic amines) is 1. The standard InChI is InChI=1S/C24H28FN5O3/c1-24(2,3)33-23(32)30-19-7-6-16(9-19)21(30)22(31)29-18(11-26)8-15-5-4-14(10-20(15)25)17-12-27-28-13-17/h4-5,10,12-13,16,18-19,21H,6-9H2,1-3H3,(H,27,28)(H,29,31)/t16?,18-,19?,21?/m0/s1. The Morgan fingerprint density at radius 3 is 2.79 bits per heavy atom. The molecule has 33 heavy (non-hydrogen) atoms. The highest BCUT2D eigenvalue weighted by molar-refractivity contribution is 5.87. The Morgan fingerprint density at radius 1 is 1.36 bits per heavy atom. The van der Waals surface area contributed by atoms with Crippen molar-refractivity contribution in [1.29, 1.82) is 5.26 Å². The fourth-order valence-corrected chi connectivity index (χ4v) is 4.81. The molecule has 1 saturated carbocycles. The number of benzene rings is 1. The number of rotatable bonds is 5. The van der Waals surface area contributed by atoms with E-state index < -0.39 is 35.5 Å². The molecule has 1 saturated heterocycles. The lowest BCUT2D eigenvalue weighted by atomic mass is 9.97. The molecule has 1 aliphatic carbocycles. The van der Waals surface area contributed by atoms with Gasteiger partial charge in [-0.25, -0.2) is 9.18 Å². The van der Waals surface area contributed by atoms with Crippen molar-refractivity contribution in [2.24, 2.45) is 5.92 Å². The van der Waals surface area contributed by atoms with E-state index in [1.165, 1.54) is 11.0 Å². The third-order valence-electron chi connectivity index (χ3n) is 6.24. The van der Waals surface area contributed by atoms with Gasteiger partial charge in [0.15, 0.2) is 0 Å². The van der Waals surface area contributed by atoms with Crippen molar-refractivity contribution >= 4 is 12.0 Å². The van der Waals surface area contributed by atoms with Crippen molar-refractivity contribution in [3.05, 3.63) is 42.0 Å². The number of nitrogens with one attached hydrogen (secondary N) is 2. The van der Waals surface area contributed by atoms with Crippen LogP contribution >= 0.6 is 0 Å². The molecule has 4 rings (SSSR count). The van der Waals surface area contributed by atoms with Crippen LogP contribution in [-0.2, 0) is 16.0 Å². The van der Waals surface area contributed by atoms with Gasteiger partial charge in [-0.1, -0.05) is 12.1 Å². The number of aromatic nitrogens is 2. The highest BCUT2D eigenvalue weighted by atomic mass is 19.1. The van der Waals surface area contributed by atoms with Gasteiger partial charge in [-0.3, -0.25) is 14.8 Å². The first-order chi connectivity index (χ1) is 15.7. The fraction of sp³-hybridized carbons (Fsp3) is 0.500. The summed E-state index contributed by atoms with van der Waals surface area (Å²) in [6.45, 7) is 5.35. The molecule has 8 nitrogen and oxygen atoms in total. The largest absolute Gasteiger partial charge is 0.444 e. The molecule has 2 N–H and O–H groups in total. The third-order valence-corrected chi connectivity index (χ3v) is 6.24. The van der Waals surface area contributed by atoms with E-state index in [0.29, 0.717) is 11.1 Å². The molecule has 2 fully saturated rings. The number of amides is 2.